The number of carbonyl (C=O) groups excluding carboxylic acids is 2. The number of benzene rings is 2. The zero-order valence-electron chi connectivity index (χ0n) is 17.9. The molecule has 8 nitrogen and oxygen atoms in total. The Bertz CT molecular complexity index is 1330. The van der Waals surface area contributed by atoms with Gasteiger partial charge in [-0.15, -0.1) is 0 Å². The standard InChI is InChI=1S/C21H23N3O5S2/c1-13-10-14(2)19-17(11-13)24(12-18(25)29-5)21(30-19)22-20(26)15-6-8-16(9-7-15)31(27,28)23(3)4/h6-11H,12H2,1-5H3. The number of aromatic nitrogens is 1. The number of hydrogen-bond donors (Lipinski definition) is 0. The Balaban J connectivity index is 2.09. The molecular weight excluding hydrogens is 438 g/mol. The molecule has 1 heterocycles. The Morgan fingerprint density at radius 3 is 2.35 bits per heavy atom. The predicted molar refractivity (Wildman–Crippen MR) is 119 cm³/mol. The lowest BCUT2D eigenvalue weighted by atomic mass is 10.1. The number of sulfonamides is 1. The zero-order valence-corrected chi connectivity index (χ0v) is 19.5. The first-order valence-electron chi connectivity index (χ1n) is 9.33. The number of esters is 1. The number of amides is 1. The van der Waals surface area contributed by atoms with E-state index in [4.69, 9.17) is 4.74 Å². The average Bonchev–Trinajstić information content (AvgIpc) is 3.05. The second-order valence-electron chi connectivity index (χ2n) is 7.21. The van der Waals surface area contributed by atoms with Gasteiger partial charge >= 0.3 is 5.97 Å². The molecule has 0 N–H and O–H groups in total. The molecule has 3 aromatic rings. The third-order valence-electron chi connectivity index (χ3n) is 4.71. The molecule has 164 valence electrons. The van der Waals surface area contributed by atoms with Gasteiger partial charge in [-0.3, -0.25) is 9.59 Å². The number of nitrogens with zero attached hydrogens (tertiary/aromatic N) is 3. The van der Waals surface area contributed by atoms with Crippen LogP contribution in [0.1, 0.15) is 21.5 Å². The summed E-state index contributed by atoms with van der Waals surface area (Å²) in [5.41, 5.74) is 3.09. The molecule has 10 heteroatoms. The fourth-order valence-corrected chi connectivity index (χ4v) is 5.06. The van der Waals surface area contributed by atoms with Crippen molar-refractivity contribution in [1.82, 2.24) is 8.87 Å². The molecule has 0 aliphatic carbocycles. The first kappa shape index (κ1) is 22.9. The minimum absolute atomic E-state index is 0.0779. The van der Waals surface area contributed by atoms with Crippen molar-refractivity contribution in [2.45, 2.75) is 25.3 Å². The highest BCUT2D eigenvalue weighted by Gasteiger charge is 2.18. The molecule has 0 unspecified atom stereocenters. The molecule has 1 aromatic heterocycles. The summed E-state index contributed by atoms with van der Waals surface area (Å²) in [5, 5.41) is 0. The maximum atomic E-state index is 12.8. The van der Waals surface area contributed by atoms with Gasteiger partial charge in [0.1, 0.15) is 6.54 Å². The maximum absolute atomic E-state index is 12.8. The van der Waals surface area contributed by atoms with Gasteiger partial charge in [-0.2, -0.15) is 4.99 Å². The number of ether oxygens (including phenoxy) is 1. The molecule has 31 heavy (non-hydrogen) atoms. The highest BCUT2D eigenvalue weighted by molar-refractivity contribution is 7.89. The Morgan fingerprint density at radius 2 is 1.77 bits per heavy atom. The molecule has 0 atom stereocenters. The molecule has 0 saturated heterocycles. The molecule has 0 aliphatic heterocycles. The lowest BCUT2D eigenvalue weighted by Crippen LogP contribution is -2.23. The quantitative estimate of drug-likeness (QED) is 0.544. The van der Waals surface area contributed by atoms with Gasteiger partial charge < -0.3 is 9.30 Å². The van der Waals surface area contributed by atoms with E-state index in [0.717, 1.165) is 25.6 Å². The van der Waals surface area contributed by atoms with Crippen LogP contribution in [0.4, 0.5) is 0 Å². The number of rotatable bonds is 5. The van der Waals surface area contributed by atoms with E-state index < -0.39 is 21.9 Å². The van der Waals surface area contributed by atoms with E-state index in [0.29, 0.717) is 4.80 Å². The van der Waals surface area contributed by atoms with Gasteiger partial charge in [-0.1, -0.05) is 17.4 Å². The van der Waals surface area contributed by atoms with E-state index in [9.17, 15) is 18.0 Å². The third-order valence-corrected chi connectivity index (χ3v) is 7.77. The number of thiazole rings is 1. The van der Waals surface area contributed by atoms with Crippen LogP contribution in [0.2, 0.25) is 0 Å². The number of hydrogen-bond acceptors (Lipinski definition) is 6. The molecule has 1 amide bonds. The lowest BCUT2D eigenvalue weighted by Gasteiger charge is -2.11. The van der Waals surface area contributed by atoms with Crippen molar-refractivity contribution in [3.05, 3.63) is 57.9 Å². The van der Waals surface area contributed by atoms with Crippen molar-refractivity contribution in [3.63, 3.8) is 0 Å². The van der Waals surface area contributed by atoms with Crippen LogP contribution in [0.15, 0.2) is 46.3 Å². The van der Waals surface area contributed by atoms with Crippen molar-refractivity contribution < 1.29 is 22.7 Å². The van der Waals surface area contributed by atoms with E-state index in [2.05, 4.69) is 4.99 Å². The van der Waals surface area contributed by atoms with Crippen LogP contribution in [0.3, 0.4) is 0 Å². The molecular formula is C21H23N3O5S2. The summed E-state index contributed by atoms with van der Waals surface area (Å²) >= 11 is 1.31. The summed E-state index contributed by atoms with van der Waals surface area (Å²) in [6, 6.07) is 9.56. The van der Waals surface area contributed by atoms with Gasteiger partial charge in [0.15, 0.2) is 4.80 Å². The maximum Gasteiger partial charge on any atom is 0.325 e. The third kappa shape index (κ3) is 4.60. The number of carbonyl (C=O) groups is 2. The van der Waals surface area contributed by atoms with Crippen LogP contribution in [0, 0.1) is 13.8 Å². The molecule has 0 spiro atoms. The first-order valence-corrected chi connectivity index (χ1v) is 11.6. The number of fused-ring (bicyclic) bond motifs is 1. The summed E-state index contributed by atoms with van der Waals surface area (Å²) in [5.74, 6) is -0.987. The van der Waals surface area contributed by atoms with Gasteiger partial charge in [0, 0.05) is 19.7 Å². The van der Waals surface area contributed by atoms with Crippen LogP contribution in [0.5, 0.6) is 0 Å². The van der Waals surface area contributed by atoms with Crippen LogP contribution >= 0.6 is 11.3 Å². The molecule has 0 saturated carbocycles. The molecule has 0 bridgehead atoms. The summed E-state index contributed by atoms with van der Waals surface area (Å²) in [4.78, 5) is 29.4. The second-order valence-corrected chi connectivity index (χ2v) is 10.3. The van der Waals surface area contributed by atoms with Crippen LogP contribution < -0.4 is 4.80 Å². The number of aryl methyl sites for hydroxylation is 2. The van der Waals surface area contributed by atoms with Gasteiger partial charge in [0.25, 0.3) is 5.91 Å². The van der Waals surface area contributed by atoms with Gasteiger partial charge in [-0.25, -0.2) is 12.7 Å². The fourth-order valence-electron chi connectivity index (χ4n) is 3.08. The highest BCUT2D eigenvalue weighted by Crippen LogP contribution is 2.24. The summed E-state index contributed by atoms with van der Waals surface area (Å²) in [7, 11) is 0.594. The molecule has 0 radical (unpaired) electrons. The minimum Gasteiger partial charge on any atom is -0.468 e. The van der Waals surface area contributed by atoms with E-state index >= 15 is 0 Å². The smallest absolute Gasteiger partial charge is 0.325 e. The minimum atomic E-state index is -3.59. The number of methoxy groups -OCH3 is 1. The highest BCUT2D eigenvalue weighted by atomic mass is 32.2. The first-order chi connectivity index (χ1) is 14.5. The normalized spacial score (nSPS) is 12.5. The van der Waals surface area contributed by atoms with Crippen LogP contribution in [-0.4, -0.2) is 50.4 Å². The second kappa shape index (κ2) is 8.74. The monoisotopic (exact) mass is 461 g/mol. The Morgan fingerprint density at radius 1 is 1.13 bits per heavy atom. The lowest BCUT2D eigenvalue weighted by molar-refractivity contribution is -0.141. The van der Waals surface area contributed by atoms with Crippen molar-refractivity contribution >= 4 is 43.5 Å². The summed E-state index contributed by atoms with van der Waals surface area (Å²) in [6.07, 6.45) is 0. The van der Waals surface area contributed by atoms with Crippen molar-refractivity contribution in [1.29, 1.82) is 0 Å². The van der Waals surface area contributed by atoms with Crippen LogP contribution in [0.25, 0.3) is 10.2 Å². The predicted octanol–water partition coefficient (Wildman–Crippen LogP) is 2.48. The Labute approximate surface area is 184 Å². The summed E-state index contributed by atoms with van der Waals surface area (Å²) < 4.78 is 32.9. The molecule has 0 aliphatic rings. The van der Waals surface area contributed by atoms with E-state index in [1.54, 1.807) is 4.57 Å². The SMILES string of the molecule is COC(=O)Cn1c(=NC(=O)c2ccc(S(=O)(=O)N(C)C)cc2)sc2c(C)cc(C)cc21. The molecule has 2 aromatic carbocycles. The Hall–Kier alpha value is -2.82. The van der Waals surface area contributed by atoms with Crippen molar-refractivity contribution in [3.8, 4) is 0 Å². The molecule has 0 fully saturated rings. The molecule has 3 rings (SSSR count). The van der Waals surface area contributed by atoms with E-state index in [-0.39, 0.29) is 17.0 Å². The average molecular weight is 462 g/mol. The van der Waals surface area contributed by atoms with E-state index in [1.165, 1.54) is 56.8 Å². The topological polar surface area (TPSA) is 98.0 Å². The summed E-state index contributed by atoms with van der Waals surface area (Å²) in [6.45, 7) is 3.84. The van der Waals surface area contributed by atoms with Crippen LogP contribution in [-0.2, 0) is 26.1 Å². The Kier molecular flexibility index (Phi) is 6.44. The van der Waals surface area contributed by atoms with E-state index in [1.807, 2.05) is 26.0 Å². The van der Waals surface area contributed by atoms with Crippen molar-refractivity contribution in [2.24, 2.45) is 4.99 Å². The fraction of sp³-hybridized carbons (Fsp3) is 0.286. The van der Waals surface area contributed by atoms with Gasteiger partial charge in [0.2, 0.25) is 10.0 Å². The van der Waals surface area contributed by atoms with Gasteiger partial charge in [-0.05, 0) is 55.3 Å². The van der Waals surface area contributed by atoms with Crippen molar-refractivity contribution in [2.75, 3.05) is 21.2 Å². The zero-order chi connectivity index (χ0) is 22.9. The largest absolute Gasteiger partial charge is 0.468 e. The van der Waals surface area contributed by atoms with Gasteiger partial charge in [0.05, 0.1) is 22.2 Å².